The van der Waals surface area contributed by atoms with Crippen molar-refractivity contribution in [2.75, 3.05) is 40.4 Å². The van der Waals surface area contributed by atoms with Gasteiger partial charge in [0, 0.05) is 26.6 Å². The minimum Gasteiger partial charge on any atom is -0.468 e. The first-order valence-corrected chi connectivity index (χ1v) is 16.9. The normalized spacial score (nSPS) is 19.1. The van der Waals surface area contributed by atoms with Gasteiger partial charge < -0.3 is 9.47 Å². The van der Waals surface area contributed by atoms with Gasteiger partial charge in [0.2, 0.25) is 5.91 Å². The lowest BCUT2D eigenvalue weighted by molar-refractivity contribution is -0.145. The Balaban J connectivity index is 0.000000248. The van der Waals surface area contributed by atoms with Gasteiger partial charge >= 0.3 is 22.1 Å². The summed E-state index contributed by atoms with van der Waals surface area (Å²) in [7, 11) is -5.37. The van der Waals surface area contributed by atoms with Gasteiger partial charge in [-0.25, -0.2) is 4.31 Å². The molecule has 0 bridgehead atoms. The van der Waals surface area contributed by atoms with Gasteiger partial charge in [0.15, 0.2) is 0 Å². The third-order valence-corrected chi connectivity index (χ3v) is 10.5. The van der Waals surface area contributed by atoms with E-state index in [2.05, 4.69) is 4.72 Å². The Labute approximate surface area is 264 Å². The zero-order chi connectivity index (χ0) is 33.0. The van der Waals surface area contributed by atoms with Crippen LogP contribution >= 0.6 is 0 Å². The first-order valence-electron chi connectivity index (χ1n) is 14.0. The highest BCUT2D eigenvalue weighted by molar-refractivity contribution is 7.87. The monoisotopic (exact) mass is 662 g/mol. The number of nitrogens with zero attached hydrogens (tertiary/aromatic N) is 3. The molecular formula is C30H38N4O9S2. The van der Waals surface area contributed by atoms with Crippen LogP contribution in [0.5, 0.6) is 0 Å². The van der Waals surface area contributed by atoms with Gasteiger partial charge in [-0.1, -0.05) is 85.0 Å². The minimum atomic E-state index is -4.12. The van der Waals surface area contributed by atoms with E-state index in [1.54, 1.807) is 36.4 Å². The van der Waals surface area contributed by atoms with Gasteiger partial charge in [0.05, 0.1) is 20.8 Å². The van der Waals surface area contributed by atoms with Gasteiger partial charge in [0.1, 0.15) is 12.1 Å². The van der Waals surface area contributed by atoms with Gasteiger partial charge in [0.25, 0.3) is 10.2 Å². The van der Waals surface area contributed by atoms with Crippen LogP contribution in [0.15, 0.2) is 85.0 Å². The molecule has 244 valence electrons. The molecule has 2 unspecified atom stereocenters. The molecule has 0 aliphatic carbocycles. The second-order valence-corrected chi connectivity index (χ2v) is 13.5. The zero-order valence-corrected chi connectivity index (χ0v) is 26.9. The number of hydrogen-bond acceptors (Lipinski definition) is 9. The molecule has 2 aromatic rings. The van der Waals surface area contributed by atoms with Gasteiger partial charge in [-0.2, -0.15) is 30.2 Å². The SMILES string of the molecule is COC(=O)C(Cc1ccccc1)N1CC=CCN(C(C)=O)S1(=O)=O.COC(=O)C(Cc1ccccc1)N1CC=CCNS1(=O)=O. The van der Waals surface area contributed by atoms with Crippen LogP contribution in [0.2, 0.25) is 0 Å². The fraction of sp³-hybridized carbons (Fsp3) is 0.367. The van der Waals surface area contributed by atoms with E-state index >= 15 is 0 Å². The van der Waals surface area contributed by atoms with Crippen LogP contribution in [0.1, 0.15) is 18.1 Å². The smallest absolute Gasteiger partial charge is 0.324 e. The van der Waals surface area contributed by atoms with Crippen LogP contribution < -0.4 is 4.72 Å². The van der Waals surface area contributed by atoms with Crippen molar-refractivity contribution in [1.29, 1.82) is 0 Å². The van der Waals surface area contributed by atoms with Crippen molar-refractivity contribution in [3.8, 4) is 0 Å². The molecule has 0 saturated heterocycles. The maximum absolute atomic E-state index is 12.8. The summed E-state index contributed by atoms with van der Waals surface area (Å²) < 4.78 is 64.9. The molecular weight excluding hydrogens is 624 g/mol. The molecule has 2 atom stereocenters. The van der Waals surface area contributed by atoms with Crippen molar-refractivity contribution >= 4 is 38.3 Å². The lowest BCUT2D eigenvalue weighted by Crippen LogP contribution is -2.52. The fourth-order valence-corrected chi connectivity index (χ4v) is 7.55. The predicted molar refractivity (Wildman–Crippen MR) is 167 cm³/mol. The van der Waals surface area contributed by atoms with E-state index in [1.165, 1.54) is 21.1 Å². The van der Waals surface area contributed by atoms with Crippen molar-refractivity contribution in [2.45, 2.75) is 31.8 Å². The quantitative estimate of drug-likeness (QED) is 0.324. The first-order chi connectivity index (χ1) is 21.4. The second kappa shape index (κ2) is 16.4. The number of carbonyl (C=O) groups excluding carboxylic acids is 3. The molecule has 4 rings (SSSR count). The Morgan fingerprint density at radius 2 is 1.16 bits per heavy atom. The van der Waals surface area contributed by atoms with Gasteiger partial charge in [-0.3, -0.25) is 14.4 Å². The van der Waals surface area contributed by atoms with Crippen LogP contribution in [0, 0.1) is 0 Å². The van der Waals surface area contributed by atoms with E-state index in [-0.39, 0.29) is 39.0 Å². The maximum Gasteiger partial charge on any atom is 0.324 e. The number of ether oxygens (including phenoxy) is 2. The summed E-state index contributed by atoms with van der Waals surface area (Å²) in [5.41, 5.74) is 1.67. The van der Waals surface area contributed by atoms with E-state index in [4.69, 9.17) is 9.47 Å². The number of nitrogens with one attached hydrogen (secondary N) is 1. The van der Waals surface area contributed by atoms with E-state index in [9.17, 15) is 31.2 Å². The van der Waals surface area contributed by atoms with Crippen molar-refractivity contribution in [3.63, 3.8) is 0 Å². The van der Waals surface area contributed by atoms with Crippen LogP contribution in [0.25, 0.3) is 0 Å². The number of esters is 2. The molecule has 0 saturated carbocycles. The number of rotatable bonds is 8. The van der Waals surface area contributed by atoms with Crippen molar-refractivity contribution in [2.24, 2.45) is 0 Å². The van der Waals surface area contributed by atoms with E-state index < -0.39 is 50.3 Å². The number of amides is 1. The van der Waals surface area contributed by atoms with Gasteiger partial charge in [-0.15, -0.1) is 0 Å². The molecule has 0 spiro atoms. The average molecular weight is 663 g/mol. The molecule has 0 fully saturated rings. The van der Waals surface area contributed by atoms with E-state index in [0.29, 0.717) is 0 Å². The van der Waals surface area contributed by atoms with Crippen LogP contribution in [0.3, 0.4) is 0 Å². The predicted octanol–water partition coefficient (Wildman–Crippen LogP) is 1.21. The highest BCUT2D eigenvalue weighted by atomic mass is 32.2. The first kappa shape index (κ1) is 35.6. The second-order valence-electron chi connectivity index (χ2n) is 9.95. The number of benzene rings is 2. The largest absolute Gasteiger partial charge is 0.468 e. The van der Waals surface area contributed by atoms with Crippen LogP contribution in [0.4, 0.5) is 0 Å². The molecule has 2 aliphatic heterocycles. The van der Waals surface area contributed by atoms with Crippen molar-refractivity contribution in [3.05, 3.63) is 96.1 Å². The molecule has 0 radical (unpaired) electrons. The molecule has 15 heteroatoms. The zero-order valence-electron chi connectivity index (χ0n) is 25.3. The Kier molecular flexibility index (Phi) is 13.0. The summed E-state index contributed by atoms with van der Waals surface area (Å²) in [5, 5.41) is 0. The third-order valence-electron chi connectivity index (χ3n) is 6.98. The summed E-state index contributed by atoms with van der Waals surface area (Å²) in [6.45, 7) is 1.49. The summed E-state index contributed by atoms with van der Waals surface area (Å²) in [6, 6.07) is 16.4. The summed E-state index contributed by atoms with van der Waals surface area (Å²) in [4.78, 5) is 36.0. The summed E-state index contributed by atoms with van der Waals surface area (Å²) in [6.07, 6.45) is 7.08. The Morgan fingerprint density at radius 3 is 1.64 bits per heavy atom. The highest BCUT2D eigenvalue weighted by Crippen LogP contribution is 2.20. The molecule has 13 nitrogen and oxygen atoms in total. The van der Waals surface area contributed by atoms with Gasteiger partial charge in [-0.05, 0) is 24.0 Å². The summed E-state index contributed by atoms with van der Waals surface area (Å²) in [5.74, 6) is -1.84. The maximum atomic E-state index is 12.8. The molecule has 2 heterocycles. The molecule has 45 heavy (non-hydrogen) atoms. The lowest BCUT2D eigenvalue weighted by Gasteiger charge is -2.31. The van der Waals surface area contributed by atoms with Crippen LogP contribution in [-0.4, -0.2) is 100 Å². The number of methoxy groups -OCH3 is 2. The lowest BCUT2D eigenvalue weighted by atomic mass is 10.1. The molecule has 0 aromatic heterocycles. The third kappa shape index (κ3) is 9.55. The molecule has 2 aromatic carbocycles. The topological polar surface area (TPSA) is 160 Å². The van der Waals surface area contributed by atoms with Crippen molar-refractivity contribution < 1.29 is 40.7 Å². The van der Waals surface area contributed by atoms with E-state index in [0.717, 1.165) is 24.0 Å². The van der Waals surface area contributed by atoms with E-state index in [1.807, 2.05) is 48.5 Å². The number of carbonyl (C=O) groups is 3. The molecule has 1 N–H and O–H groups in total. The average Bonchev–Trinajstić information content (AvgIpc) is 3.30. The minimum absolute atomic E-state index is 0.00128. The fourth-order valence-electron chi connectivity index (χ4n) is 4.69. The summed E-state index contributed by atoms with van der Waals surface area (Å²) >= 11 is 0. The molecule has 1 amide bonds. The Hall–Kier alpha value is -3.89. The van der Waals surface area contributed by atoms with Crippen molar-refractivity contribution in [1.82, 2.24) is 17.6 Å². The van der Waals surface area contributed by atoms with Crippen LogP contribution in [-0.2, 0) is 57.1 Å². The standard InChI is InChI=1S/C16H20N2O5S.C14H18N2O4S/c1-13(19)17-10-6-7-11-18(24(17,21)22)15(16(20)23-2)12-14-8-4-3-5-9-14;1-20-14(17)13(11-12-7-3-2-4-8-12)16-10-6-5-9-15-21(16,18)19/h3-9,15H,10-12H2,1-2H3;2-8,13,15H,9-11H2,1H3. The molecule has 2 aliphatic rings. The Bertz CT molecular complexity index is 1580. The highest BCUT2D eigenvalue weighted by Gasteiger charge is 2.40. The number of hydrogen-bond donors (Lipinski definition) is 1. The Morgan fingerprint density at radius 1 is 0.711 bits per heavy atom.